The van der Waals surface area contributed by atoms with Gasteiger partial charge in [0.15, 0.2) is 0 Å². The van der Waals surface area contributed by atoms with Gasteiger partial charge in [-0.1, -0.05) is 41.5 Å². The lowest BCUT2D eigenvalue weighted by molar-refractivity contribution is 0.00536. The molecule has 0 aromatic heterocycles. The molecule has 0 spiro atoms. The van der Waals surface area contributed by atoms with Crippen LogP contribution < -0.4 is 0 Å². The van der Waals surface area contributed by atoms with E-state index in [1.165, 1.54) is 0 Å². The van der Waals surface area contributed by atoms with Gasteiger partial charge in [-0.2, -0.15) is 4.79 Å². The molecule has 76 valence electrons. The molecule has 0 aliphatic heterocycles. The Morgan fingerprint density at radius 2 is 1.23 bits per heavy atom. The summed E-state index contributed by atoms with van der Waals surface area (Å²) in [6.07, 6.45) is 0. The van der Waals surface area contributed by atoms with Crippen LogP contribution in [0.15, 0.2) is 0 Å². The molecule has 0 bridgehead atoms. The summed E-state index contributed by atoms with van der Waals surface area (Å²) in [5.74, 6) is 0. The summed E-state index contributed by atoms with van der Waals surface area (Å²) in [5.41, 5.74) is 8.80. The fraction of sp³-hybridized carbons (Fsp3) is 0.889. The van der Waals surface area contributed by atoms with Crippen molar-refractivity contribution in [1.29, 1.82) is 0 Å². The molecule has 0 rings (SSSR count). The summed E-state index contributed by atoms with van der Waals surface area (Å²) in [7, 11) is 0. The molecule has 13 heavy (non-hydrogen) atoms. The van der Waals surface area contributed by atoms with E-state index < -0.39 is 0 Å². The van der Waals surface area contributed by atoms with Gasteiger partial charge >= 0.3 is 4.38 Å². The molecule has 0 unspecified atom stereocenters. The van der Waals surface area contributed by atoms with Gasteiger partial charge in [0.05, 0.1) is 0 Å². The van der Waals surface area contributed by atoms with Crippen molar-refractivity contribution >= 4 is 27.9 Å². The second kappa shape index (κ2) is 4.54. The molecule has 0 aliphatic rings. The van der Waals surface area contributed by atoms with E-state index in [4.69, 9.17) is 5.53 Å². The lowest BCUT2D eigenvalue weighted by Crippen LogP contribution is -2.16. The second-order valence-electron chi connectivity index (χ2n) is 4.79. The van der Waals surface area contributed by atoms with E-state index >= 15 is 0 Å². The monoisotopic (exact) mass is 218 g/mol. The first-order valence-corrected chi connectivity index (χ1v) is 5.87. The minimum absolute atomic E-state index is 0.0970. The van der Waals surface area contributed by atoms with Crippen LogP contribution >= 0.6 is 23.5 Å². The molecule has 0 atom stereocenters. The number of hydrogen-bond donors (Lipinski definition) is 0. The first-order chi connectivity index (χ1) is 5.64. The van der Waals surface area contributed by atoms with Gasteiger partial charge in [-0.15, -0.1) is 0 Å². The highest BCUT2D eigenvalue weighted by Gasteiger charge is 2.26. The topological polar surface area (TPSA) is 36.4 Å². The van der Waals surface area contributed by atoms with Crippen LogP contribution in [0.25, 0.3) is 5.53 Å². The van der Waals surface area contributed by atoms with Crippen molar-refractivity contribution in [3.8, 4) is 0 Å². The Morgan fingerprint density at radius 3 is 1.38 bits per heavy atom. The fourth-order valence-corrected chi connectivity index (χ4v) is 3.38. The lowest BCUT2D eigenvalue weighted by atomic mass is 10.3. The largest absolute Gasteiger partial charge is 0.384 e. The average Bonchev–Trinajstić information content (AvgIpc) is 1.79. The second-order valence-corrected chi connectivity index (χ2v) is 8.68. The van der Waals surface area contributed by atoms with Crippen LogP contribution in [0.5, 0.6) is 0 Å². The van der Waals surface area contributed by atoms with Crippen molar-refractivity contribution in [2.45, 2.75) is 51.0 Å². The van der Waals surface area contributed by atoms with Crippen LogP contribution in [0.4, 0.5) is 0 Å². The van der Waals surface area contributed by atoms with E-state index in [2.05, 4.69) is 46.3 Å². The van der Waals surface area contributed by atoms with E-state index in [9.17, 15) is 0 Å². The molecule has 0 saturated carbocycles. The summed E-state index contributed by atoms with van der Waals surface area (Å²) in [5, 5.41) is 0. The third kappa shape index (κ3) is 8.41. The third-order valence-corrected chi connectivity index (χ3v) is 3.11. The van der Waals surface area contributed by atoms with Gasteiger partial charge in [0.25, 0.3) is 0 Å². The van der Waals surface area contributed by atoms with Crippen LogP contribution in [0.2, 0.25) is 0 Å². The Labute approximate surface area is 89.5 Å². The maximum absolute atomic E-state index is 8.80. The Bertz CT molecular complexity index is 199. The highest BCUT2D eigenvalue weighted by atomic mass is 32.2. The zero-order valence-electron chi connectivity index (χ0n) is 9.21. The molecular formula is C9H18N2S2. The molecule has 0 aromatic carbocycles. The van der Waals surface area contributed by atoms with Crippen molar-refractivity contribution in [3.05, 3.63) is 5.53 Å². The predicted octanol–water partition coefficient (Wildman–Crippen LogP) is 3.64. The van der Waals surface area contributed by atoms with Gasteiger partial charge in [-0.3, -0.25) is 0 Å². The molecule has 2 nitrogen and oxygen atoms in total. The summed E-state index contributed by atoms with van der Waals surface area (Å²) in [6.45, 7) is 12.6. The molecule has 0 heterocycles. The molecule has 0 saturated heterocycles. The van der Waals surface area contributed by atoms with Gasteiger partial charge in [0, 0.05) is 9.49 Å². The van der Waals surface area contributed by atoms with Gasteiger partial charge in [-0.05, 0) is 23.5 Å². The molecule has 4 heteroatoms. The minimum Gasteiger partial charge on any atom is -0.359 e. The molecule has 0 radical (unpaired) electrons. The summed E-state index contributed by atoms with van der Waals surface area (Å²) < 4.78 is 0.930. The molecule has 0 aliphatic carbocycles. The van der Waals surface area contributed by atoms with Crippen LogP contribution in [-0.4, -0.2) is 18.7 Å². The number of nitrogens with zero attached hydrogens (tertiary/aromatic N) is 2. The predicted molar refractivity (Wildman–Crippen MR) is 63.3 cm³/mol. The van der Waals surface area contributed by atoms with E-state index in [0.717, 1.165) is 4.38 Å². The van der Waals surface area contributed by atoms with Crippen molar-refractivity contribution < 1.29 is 4.79 Å². The van der Waals surface area contributed by atoms with Crippen molar-refractivity contribution in [2.75, 3.05) is 0 Å². The van der Waals surface area contributed by atoms with Crippen molar-refractivity contribution in [2.24, 2.45) is 0 Å². The molecule has 0 aromatic rings. The van der Waals surface area contributed by atoms with Gasteiger partial charge in [-0.25, -0.2) is 0 Å². The fourth-order valence-electron chi connectivity index (χ4n) is 0.586. The van der Waals surface area contributed by atoms with Gasteiger partial charge < -0.3 is 5.53 Å². The average molecular weight is 218 g/mol. The molecule has 0 N–H and O–H groups in total. The number of thioether (sulfide) groups is 2. The quantitative estimate of drug-likeness (QED) is 0.269. The Hall–Kier alpha value is 0.0800. The Balaban J connectivity index is 4.33. The zero-order chi connectivity index (χ0) is 10.7. The van der Waals surface area contributed by atoms with Crippen molar-refractivity contribution in [3.63, 3.8) is 0 Å². The third-order valence-electron chi connectivity index (χ3n) is 0.869. The Kier molecular flexibility index (Phi) is 4.56. The molecule has 0 fully saturated rings. The SMILES string of the molecule is CC(C)(C)SC(=[N+]=[N-])SC(C)(C)C. The first kappa shape index (κ1) is 13.1. The Morgan fingerprint density at radius 1 is 0.923 bits per heavy atom. The number of rotatable bonds is 0. The standard InChI is InChI=1S/C9H18N2S2/c1-8(2,3)12-7(11-10)13-9(4,5)6/h1-6H3. The summed E-state index contributed by atoms with van der Waals surface area (Å²) in [6, 6.07) is 0. The normalized spacial score (nSPS) is 12.5. The van der Waals surface area contributed by atoms with Gasteiger partial charge in [0.1, 0.15) is 0 Å². The first-order valence-electron chi connectivity index (χ1n) is 4.24. The summed E-state index contributed by atoms with van der Waals surface area (Å²) in [4.78, 5) is 3.30. The molecule has 0 amide bonds. The lowest BCUT2D eigenvalue weighted by Gasteiger charge is -2.17. The van der Waals surface area contributed by atoms with Crippen LogP contribution in [0, 0.1) is 0 Å². The summed E-state index contributed by atoms with van der Waals surface area (Å²) >= 11 is 3.18. The van der Waals surface area contributed by atoms with Crippen LogP contribution in [0.1, 0.15) is 41.5 Å². The highest BCUT2D eigenvalue weighted by molar-refractivity contribution is 8.39. The maximum Gasteiger partial charge on any atom is 0.384 e. The van der Waals surface area contributed by atoms with Crippen LogP contribution in [0.3, 0.4) is 0 Å². The highest BCUT2D eigenvalue weighted by Crippen LogP contribution is 2.34. The maximum atomic E-state index is 8.80. The minimum atomic E-state index is 0.0970. The van der Waals surface area contributed by atoms with E-state index in [-0.39, 0.29) is 9.49 Å². The zero-order valence-corrected chi connectivity index (χ0v) is 10.8. The molecular weight excluding hydrogens is 200 g/mol. The van der Waals surface area contributed by atoms with Gasteiger partial charge in [0.2, 0.25) is 0 Å². The number of hydrogen-bond acceptors (Lipinski definition) is 2. The van der Waals surface area contributed by atoms with Crippen LogP contribution in [-0.2, 0) is 0 Å². The smallest absolute Gasteiger partial charge is 0.359 e. The van der Waals surface area contributed by atoms with E-state index in [0.29, 0.717) is 0 Å². The van der Waals surface area contributed by atoms with E-state index in [1.807, 2.05) is 0 Å². The van der Waals surface area contributed by atoms with Crippen molar-refractivity contribution in [1.82, 2.24) is 0 Å². The van der Waals surface area contributed by atoms with E-state index in [1.54, 1.807) is 23.5 Å².